The number of anilines is 1. The second-order valence-corrected chi connectivity index (χ2v) is 6.01. The summed E-state index contributed by atoms with van der Waals surface area (Å²) in [4.78, 5) is 23.8. The highest BCUT2D eigenvalue weighted by molar-refractivity contribution is 6.31. The van der Waals surface area contributed by atoms with Gasteiger partial charge in [0, 0.05) is 17.3 Å². The Morgan fingerprint density at radius 1 is 1.12 bits per heavy atom. The summed E-state index contributed by atoms with van der Waals surface area (Å²) in [6, 6.07) is 12.8. The van der Waals surface area contributed by atoms with Gasteiger partial charge in [0.15, 0.2) is 0 Å². The molecule has 0 saturated carbocycles. The van der Waals surface area contributed by atoms with Crippen molar-refractivity contribution in [3.8, 4) is 5.75 Å². The van der Waals surface area contributed by atoms with E-state index in [1.807, 2.05) is 37.3 Å². The first kappa shape index (κ1) is 18.8. The molecular formula is C19H21ClN2O3. The number of para-hydroxylation sites is 1. The number of aryl methyl sites for hydroxylation is 1. The average Bonchev–Trinajstić information content (AvgIpc) is 2.58. The Kier molecular flexibility index (Phi) is 6.83. The van der Waals surface area contributed by atoms with Gasteiger partial charge in [0.05, 0.1) is 7.11 Å². The van der Waals surface area contributed by atoms with E-state index in [1.165, 1.54) is 0 Å². The standard InChI is InChI=1S/C19H21ClN2O3/c1-13-7-8-15(11-16(13)20)22-19(24)12-18(23)21-10-9-14-5-3-4-6-17(14)25-2/h3-8,11H,9-10,12H2,1-2H3,(H,21,23)(H,22,24). The molecule has 0 aliphatic carbocycles. The zero-order valence-corrected chi connectivity index (χ0v) is 15.0. The van der Waals surface area contributed by atoms with Gasteiger partial charge in [-0.1, -0.05) is 35.9 Å². The topological polar surface area (TPSA) is 67.4 Å². The van der Waals surface area contributed by atoms with Gasteiger partial charge < -0.3 is 15.4 Å². The smallest absolute Gasteiger partial charge is 0.233 e. The van der Waals surface area contributed by atoms with E-state index in [4.69, 9.17) is 16.3 Å². The van der Waals surface area contributed by atoms with Crippen LogP contribution >= 0.6 is 11.6 Å². The largest absolute Gasteiger partial charge is 0.496 e. The molecule has 5 nitrogen and oxygen atoms in total. The Labute approximate surface area is 152 Å². The molecule has 0 unspecified atom stereocenters. The number of carbonyl (C=O) groups excluding carboxylic acids is 2. The number of amides is 2. The van der Waals surface area contributed by atoms with E-state index >= 15 is 0 Å². The lowest BCUT2D eigenvalue weighted by molar-refractivity contribution is -0.126. The maximum Gasteiger partial charge on any atom is 0.233 e. The van der Waals surface area contributed by atoms with Crippen LogP contribution in [0.1, 0.15) is 17.5 Å². The molecule has 0 saturated heterocycles. The number of ether oxygens (including phenoxy) is 1. The Morgan fingerprint density at radius 2 is 1.88 bits per heavy atom. The average molecular weight is 361 g/mol. The summed E-state index contributed by atoms with van der Waals surface area (Å²) in [5, 5.41) is 5.97. The molecule has 2 aromatic rings. The van der Waals surface area contributed by atoms with Crippen LogP contribution in [0.4, 0.5) is 5.69 Å². The van der Waals surface area contributed by atoms with Crippen LogP contribution in [0.3, 0.4) is 0 Å². The predicted octanol–water partition coefficient (Wildman–Crippen LogP) is 3.34. The number of methoxy groups -OCH3 is 1. The Hall–Kier alpha value is -2.53. The van der Waals surface area contributed by atoms with E-state index in [9.17, 15) is 9.59 Å². The molecule has 0 aliphatic heterocycles. The fourth-order valence-corrected chi connectivity index (χ4v) is 2.51. The first-order valence-corrected chi connectivity index (χ1v) is 8.32. The minimum absolute atomic E-state index is 0.239. The highest BCUT2D eigenvalue weighted by atomic mass is 35.5. The zero-order valence-electron chi connectivity index (χ0n) is 14.3. The minimum atomic E-state index is -0.380. The number of halogens is 1. The maximum absolute atomic E-state index is 11.9. The van der Waals surface area contributed by atoms with E-state index in [-0.39, 0.29) is 18.2 Å². The molecule has 0 fully saturated rings. The van der Waals surface area contributed by atoms with Crippen molar-refractivity contribution >= 4 is 29.1 Å². The van der Waals surface area contributed by atoms with Crippen LogP contribution in [0.25, 0.3) is 0 Å². The summed E-state index contributed by atoms with van der Waals surface area (Å²) in [5.41, 5.74) is 2.50. The van der Waals surface area contributed by atoms with Crippen LogP contribution in [0, 0.1) is 6.92 Å². The van der Waals surface area contributed by atoms with Gasteiger partial charge >= 0.3 is 0 Å². The van der Waals surface area contributed by atoms with Crippen LogP contribution in [0.15, 0.2) is 42.5 Å². The van der Waals surface area contributed by atoms with Crippen molar-refractivity contribution in [2.75, 3.05) is 19.0 Å². The summed E-state index contributed by atoms with van der Waals surface area (Å²) in [6.45, 7) is 2.31. The summed E-state index contributed by atoms with van der Waals surface area (Å²) >= 11 is 6.01. The summed E-state index contributed by atoms with van der Waals surface area (Å²) in [5.74, 6) is 0.0751. The van der Waals surface area contributed by atoms with E-state index in [0.717, 1.165) is 16.9 Å². The number of benzene rings is 2. The van der Waals surface area contributed by atoms with Crippen molar-refractivity contribution in [1.82, 2.24) is 5.32 Å². The quantitative estimate of drug-likeness (QED) is 0.744. The van der Waals surface area contributed by atoms with E-state index in [0.29, 0.717) is 23.7 Å². The van der Waals surface area contributed by atoms with Crippen LogP contribution in [0.2, 0.25) is 5.02 Å². The molecule has 0 bridgehead atoms. The van der Waals surface area contributed by atoms with Gasteiger partial charge in [-0.2, -0.15) is 0 Å². The van der Waals surface area contributed by atoms with Gasteiger partial charge in [0.2, 0.25) is 11.8 Å². The van der Waals surface area contributed by atoms with Crippen LogP contribution in [-0.4, -0.2) is 25.5 Å². The molecule has 0 spiro atoms. The van der Waals surface area contributed by atoms with Gasteiger partial charge in [0.1, 0.15) is 12.2 Å². The number of rotatable bonds is 7. The molecule has 132 valence electrons. The monoisotopic (exact) mass is 360 g/mol. The number of hydrogen-bond donors (Lipinski definition) is 2. The van der Waals surface area contributed by atoms with E-state index in [2.05, 4.69) is 10.6 Å². The van der Waals surface area contributed by atoms with Gasteiger partial charge in [-0.3, -0.25) is 9.59 Å². The molecule has 0 aromatic heterocycles. The van der Waals surface area contributed by atoms with Crippen molar-refractivity contribution in [3.63, 3.8) is 0 Å². The van der Waals surface area contributed by atoms with Crippen molar-refractivity contribution in [2.24, 2.45) is 0 Å². The number of nitrogens with one attached hydrogen (secondary N) is 2. The maximum atomic E-state index is 11.9. The summed E-state index contributed by atoms with van der Waals surface area (Å²) < 4.78 is 5.26. The van der Waals surface area contributed by atoms with Crippen LogP contribution in [-0.2, 0) is 16.0 Å². The Morgan fingerprint density at radius 3 is 2.60 bits per heavy atom. The summed E-state index contributed by atoms with van der Waals surface area (Å²) in [7, 11) is 1.61. The molecule has 0 radical (unpaired) electrons. The lowest BCUT2D eigenvalue weighted by Crippen LogP contribution is -2.29. The van der Waals surface area contributed by atoms with Crippen molar-refractivity contribution in [3.05, 3.63) is 58.6 Å². The highest BCUT2D eigenvalue weighted by Gasteiger charge is 2.10. The second-order valence-electron chi connectivity index (χ2n) is 5.60. The molecule has 0 atom stereocenters. The van der Waals surface area contributed by atoms with Crippen molar-refractivity contribution < 1.29 is 14.3 Å². The molecule has 6 heteroatoms. The molecule has 2 amide bonds. The molecule has 0 aliphatic rings. The SMILES string of the molecule is COc1ccccc1CCNC(=O)CC(=O)Nc1ccc(C)c(Cl)c1. The molecular weight excluding hydrogens is 340 g/mol. The third-order valence-corrected chi connectivity index (χ3v) is 4.09. The van der Waals surface area contributed by atoms with Gasteiger partial charge in [-0.05, 0) is 42.7 Å². The van der Waals surface area contributed by atoms with Crippen LogP contribution < -0.4 is 15.4 Å². The second kappa shape index (κ2) is 9.08. The fourth-order valence-electron chi connectivity index (χ4n) is 2.33. The molecule has 2 N–H and O–H groups in total. The predicted molar refractivity (Wildman–Crippen MR) is 99.1 cm³/mol. The first-order chi connectivity index (χ1) is 12.0. The normalized spacial score (nSPS) is 10.2. The first-order valence-electron chi connectivity index (χ1n) is 7.94. The third kappa shape index (κ3) is 5.80. The van der Waals surface area contributed by atoms with E-state index in [1.54, 1.807) is 19.2 Å². The third-order valence-electron chi connectivity index (χ3n) is 3.69. The number of hydrogen-bond acceptors (Lipinski definition) is 3. The Balaban J connectivity index is 1.77. The molecule has 0 heterocycles. The fraction of sp³-hybridized carbons (Fsp3) is 0.263. The minimum Gasteiger partial charge on any atom is -0.496 e. The van der Waals surface area contributed by atoms with Crippen molar-refractivity contribution in [1.29, 1.82) is 0 Å². The molecule has 25 heavy (non-hydrogen) atoms. The molecule has 2 aromatic carbocycles. The van der Waals surface area contributed by atoms with Gasteiger partial charge in [0.25, 0.3) is 0 Å². The summed E-state index contributed by atoms with van der Waals surface area (Å²) in [6.07, 6.45) is 0.391. The van der Waals surface area contributed by atoms with E-state index < -0.39 is 0 Å². The lowest BCUT2D eigenvalue weighted by Gasteiger charge is -2.09. The molecule has 2 rings (SSSR count). The lowest BCUT2D eigenvalue weighted by atomic mass is 10.1. The van der Waals surface area contributed by atoms with Crippen molar-refractivity contribution in [2.45, 2.75) is 19.8 Å². The van der Waals surface area contributed by atoms with Crippen LogP contribution in [0.5, 0.6) is 5.75 Å². The highest BCUT2D eigenvalue weighted by Crippen LogP contribution is 2.20. The van der Waals surface area contributed by atoms with Gasteiger partial charge in [-0.25, -0.2) is 0 Å². The Bertz CT molecular complexity index is 762. The zero-order chi connectivity index (χ0) is 18.2. The van der Waals surface area contributed by atoms with Gasteiger partial charge in [-0.15, -0.1) is 0 Å². The number of carbonyl (C=O) groups is 2.